The molecule has 0 fully saturated rings. The maximum atomic E-state index is 12.7. The SMILES string of the molecule is CC1=CCC(NC(=O)c2ccc(F)cc2)CC1. The van der Waals surface area contributed by atoms with Crippen molar-refractivity contribution in [1.82, 2.24) is 5.32 Å². The smallest absolute Gasteiger partial charge is 0.251 e. The van der Waals surface area contributed by atoms with Crippen LogP contribution in [0.4, 0.5) is 4.39 Å². The van der Waals surface area contributed by atoms with Gasteiger partial charge in [0.25, 0.3) is 5.91 Å². The lowest BCUT2D eigenvalue weighted by Crippen LogP contribution is -2.35. The van der Waals surface area contributed by atoms with E-state index in [1.54, 1.807) is 0 Å². The summed E-state index contributed by atoms with van der Waals surface area (Å²) in [6.07, 6.45) is 5.07. The molecule has 0 aromatic heterocycles. The van der Waals surface area contributed by atoms with Crippen LogP contribution in [0.25, 0.3) is 0 Å². The summed E-state index contributed by atoms with van der Waals surface area (Å²) < 4.78 is 12.7. The third-order valence-corrected chi connectivity index (χ3v) is 3.08. The Morgan fingerprint density at radius 2 is 2.06 bits per heavy atom. The minimum Gasteiger partial charge on any atom is -0.349 e. The molecule has 2 rings (SSSR count). The molecule has 1 aliphatic carbocycles. The molecule has 1 atom stereocenters. The van der Waals surface area contributed by atoms with Crippen molar-refractivity contribution in [2.45, 2.75) is 32.2 Å². The van der Waals surface area contributed by atoms with E-state index < -0.39 is 0 Å². The van der Waals surface area contributed by atoms with Crippen molar-refractivity contribution in [2.75, 3.05) is 0 Å². The van der Waals surface area contributed by atoms with Crippen LogP contribution in [0, 0.1) is 5.82 Å². The second-order valence-electron chi connectivity index (χ2n) is 4.50. The first-order chi connectivity index (χ1) is 8.15. The molecule has 2 nitrogen and oxygen atoms in total. The first-order valence-electron chi connectivity index (χ1n) is 5.87. The third-order valence-electron chi connectivity index (χ3n) is 3.08. The van der Waals surface area contributed by atoms with Crippen LogP contribution in [-0.4, -0.2) is 11.9 Å². The monoisotopic (exact) mass is 233 g/mol. The summed E-state index contributed by atoms with van der Waals surface area (Å²) in [6, 6.07) is 5.83. The highest BCUT2D eigenvalue weighted by Gasteiger charge is 2.15. The molecule has 0 saturated carbocycles. The average Bonchev–Trinajstić information content (AvgIpc) is 2.33. The summed E-state index contributed by atoms with van der Waals surface area (Å²) >= 11 is 0. The predicted molar refractivity (Wildman–Crippen MR) is 65.3 cm³/mol. The number of allylic oxidation sites excluding steroid dienone is 1. The van der Waals surface area contributed by atoms with Crippen LogP contribution in [0.15, 0.2) is 35.9 Å². The summed E-state index contributed by atoms with van der Waals surface area (Å²) in [4.78, 5) is 11.9. The zero-order valence-corrected chi connectivity index (χ0v) is 9.87. The summed E-state index contributed by atoms with van der Waals surface area (Å²) in [5.41, 5.74) is 1.90. The molecule has 1 amide bonds. The predicted octanol–water partition coefficient (Wildman–Crippen LogP) is 3.05. The molecule has 17 heavy (non-hydrogen) atoms. The van der Waals surface area contributed by atoms with Gasteiger partial charge in [-0.1, -0.05) is 11.6 Å². The zero-order chi connectivity index (χ0) is 12.3. The van der Waals surface area contributed by atoms with Gasteiger partial charge in [0, 0.05) is 11.6 Å². The van der Waals surface area contributed by atoms with Gasteiger partial charge in [-0.25, -0.2) is 4.39 Å². The van der Waals surface area contributed by atoms with Crippen LogP contribution in [0.2, 0.25) is 0 Å². The first kappa shape index (κ1) is 11.8. The molecule has 90 valence electrons. The molecule has 0 spiro atoms. The van der Waals surface area contributed by atoms with Gasteiger partial charge in [0.05, 0.1) is 0 Å². The highest BCUT2D eigenvalue weighted by Crippen LogP contribution is 2.17. The number of carbonyl (C=O) groups excluding carboxylic acids is 1. The van der Waals surface area contributed by atoms with Crippen molar-refractivity contribution in [1.29, 1.82) is 0 Å². The lowest BCUT2D eigenvalue weighted by atomic mass is 9.96. The second-order valence-corrected chi connectivity index (χ2v) is 4.50. The number of hydrogen-bond donors (Lipinski definition) is 1. The largest absolute Gasteiger partial charge is 0.349 e. The van der Waals surface area contributed by atoms with Gasteiger partial charge in [-0.15, -0.1) is 0 Å². The molecule has 0 radical (unpaired) electrons. The van der Waals surface area contributed by atoms with Gasteiger partial charge in [-0.05, 0) is 50.5 Å². The van der Waals surface area contributed by atoms with Crippen LogP contribution in [-0.2, 0) is 0 Å². The molecule has 0 saturated heterocycles. The third kappa shape index (κ3) is 3.16. The highest BCUT2D eigenvalue weighted by molar-refractivity contribution is 5.94. The molecule has 0 heterocycles. The van der Waals surface area contributed by atoms with E-state index in [1.165, 1.54) is 29.8 Å². The van der Waals surface area contributed by atoms with Crippen LogP contribution in [0.5, 0.6) is 0 Å². The minimum absolute atomic E-state index is 0.122. The fourth-order valence-electron chi connectivity index (χ4n) is 1.97. The van der Waals surface area contributed by atoms with Gasteiger partial charge in [-0.3, -0.25) is 4.79 Å². The van der Waals surface area contributed by atoms with Crippen molar-refractivity contribution in [3.05, 3.63) is 47.3 Å². The van der Waals surface area contributed by atoms with Crippen molar-refractivity contribution < 1.29 is 9.18 Å². The number of hydrogen-bond acceptors (Lipinski definition) is 1. The van der Waals surface area contributed by atoms with Gasteiger partial charge in [-0.2, -0.15) is 0 Å². The van der Waals surface area contributed by atoms with E-state index in [9.17, 15) is 9.18 Å². The van der Waals surface area contributed by atoms with Crippen molar-refractivity contribution in [3.63, 3.8) is 0 Å². The van der Waals surface area contributed by atoms with Crippen molar-refractivity contribution in [2.24, 2.45) is 0 Å². The van der Waals surface area contributed by atoms with E-state index in [0.717, 1.165) is 19.3 Å². The molecule has 1 unspecified atom stereocenters. The Kier molecular flexibility index (Phi) is 3.57. The van der Waals surface area contributed by atoms with Crippen LogP contribution >= 0.6 is 0 Å². The lowest BCUT2D eigenvalue weighted by molar-refractivity contribution is 0.0934. The Labute approximate surface area is 101 Å². The van der Waals surface area contributed by atoms with Crippen molar-refractivity contribution in [3.8, 4) is 0 Å². The number of amides is 1. The number of halogens is 1. The van der Waals surface area contributed by atoms with E-state index in [1.807, 2.05) is 0 Å². The number of carbonyl (C=O) groups is 1. The molecular formula is C14H16FNO. The topological polar surface area (TPSA) is 29.1 Å². The quantitative estimate of drug-likeness (QED) is 0.781. The molecule has 3 heteroatoms. The molecule has 1 aromatic rings. The van der Waals surface area contributed by atoms with E-state index in [4.69, 9.17) is 0 Å². The van der Waals surface area contributed by atoms with Crippen LogP contribution in [0.1, 0.15) is 36.5 Å². The Morgan fingerprint density at radius 3 is 2.65 bits per heavy atom. The maximum absolute atomic E-state index is 12.7. The molecule has 1 aliphatic rings. The standard InChI is InChI=1S/C14H16FNO/c1-10-2-8-13(9-3-10)16-14(17)11-4-6-12(15)7-5-11/h2,4-7,13H,3,8-9H2,1H3,(H,16,17). The fourth-order valence-corrected chi connectivity index (χ4v) is 1.97. The number of nitrogens with one attached hydrogen (secondary N) is 1. The Morgan fingerprint density at radius 1 is 1.35 bits per heavy atom. The fraction of sp³-hybridized carbons (Fsp3) is 0.357. The Bertz CT molecular complexity index is 436. The summed E-state index contributed by atoms with van der Waals surface area (Å²) in [5.74, 6) is -0.444. The summed E-state index contributed by atoms with van der Waals surface area (Å²) in [7, 11) is 0. The summed E-state index contributed by atoms with van der Waals surface area (Å²) in [5, 5.41) is 2.97. The lowest BCUT2D eigenvalue weighted by Gasteiger charge is -2.21. The number of rotatable bonds is 2. The Balaban J connectivity index is 1.95. The molecule has 0 aliphatic heterocycles. The maximum Gasteiger partial charge on any atom is 0.251 e. The normalized spacial score (nSPS) is 19.6. The average molecular weight is 233 g/mol. The van der Waals surface area contributed by atoms with E-state index in [2.05, 4.69) is 18.3 Å². The van der Waals surface area contributed by atoms with E-state index in [0.29, 0.717) is 5.56 Å². The highest BCUT2D eigenvalue weighted by atomic mass is 19.1. The van der Waals surface area contributed by atoms with Gasteiger partial charge < -0.3 is 5.32 Å². The molecule has 0 bridgehead atoms. The van der Waals surface area contributed by atoms with Crippen molar-refractivity contribution >= 4 is 5.91 Å². The van der Waals surface area contributed by atoms with Gasteiger partial charge in [0.2, 0.25) is 0 Å². The first-order valence-corrected chi connectivity index (χ1v) is 5.87. The summed E-state index contributed by atoms with van der Waals surface area (Å²) in [6.45, 7) is 2.11. The van der Waals surface area contributed by atoms with Crippen LogP contribution in [0.3, 0.4) is 0 Å². The number of benzene rings is 1. The molecule has 1 aromatic carbocycles. The molecular weight excluding hydrogens is 217 g/mol. The second kappa shape index (κ2) is 5.13. The zero-order valence-electron chi connectivity index (χ0n) is 9.87. The van der Waals surface area contributed by atoms with Crippen LogP contribution < -0.4 is 5.32 Å². The van der Waals surface area contributed by atoms with Gasteiger partial charge in [0.15, 0.2) is 0 Å². The molecule has 1 N–H and O–H groups in total. The van der Waals surface area contributed by atoms with E-state index in [-0.39, 0.29) is 17.8 Å². The van der Waals surface area contributed by atoms with Gasteiger partial charge in [0.1, 0.15) is 5.82 Å². The van der Waals surface area contributed by atoms with E-state index >= 15 is 0 Å². The van der Waals surface area contributed by atoms with Gasteiger partial charge >= 0.3 is 0 Å². The minimum atomic E-state index is -0.322. The Hall–Kier alpha value is -1.64.